The Morgan fingerprint density at radius 3 is 2.85 bits per heavy atom. The average molecular weight is 203 g/mol. The van der Waals surface area contributed by atoms with Gasteiger partial charge in [0.2, 0.25) is 0 Å². The molecule has 0 fully saturated rings. The summed E-state index contributed by atoms with van der Waals surface area (Å²) in [6.07, 6.45) is 0.610. The Kier molecular flexibility index (Phi) is 3.70. The summed E-state index contributed by atoms with van der Waals surface area (Å²) in [5, 5.41) is 9.47. The van der Waals surface area contributed by atoms with E-state index in [0.717, 1.165) is 0 Å². The Morgan fingerprint density at radius 1 is 1.54 bits per heavy atom. The maximum Gasteiger partial charge on any atom is 0.142 e. The zero-order valence-corrected chi connectivity index (χ0v) is 8.18. The lowest BCUT2D eigenvalue weighted by Crippen LogP contribution is -2.09. The van der Waals surface area contributed by atoms with Crippen molar-refractivity contribution in [1.82, 2.24) is 0 Å². The lowest BCUT2D eigenvalue weighted by molar-refractivity contribution is 0.170. The zero-order chi connectivity index (χ0) is 9.84. The van der Waals surface area contributed by atoms with E-state index in [1.807, 2.05) is 6.92 Å². The smallest absolute Gasteiger partial charge is 0.142 e. The van der Waals surface area contributed by atoms with E-state index in [1.165, 1.54) is 6.07 Å². The van der Waals surface area contributed by atoms with Crippen molar-refractivity contribution in [2.75, 3.05) is 0 Å². The van der Waals surface area contributed by atoms with Gasteiger partial charge < -0.3 is 5.11 Å². The molecule has 0 spiro atoms. The van der Waals surface area contributed by atoms with Gasteiger partial charge in [-0.1, -0.05) is 30.7 Å². The van der Waals surface area contributed by atoms with E-state index in [9.17, 15) is 9.50 Å². The van der Waals surface area contributed by atoms with E-state index in [4.69, 9.17) is 11.6 Å². The van der Waals surface area contributed by atoms with Gasteiger partial charge in [0.05, 0.1) is 11.1 Å². The van der Waals surface area contributed by atoms with Crippen LogP contribution in [0, 0.1) is 5.82 Å². The Bertz CT molecular complexity index is 288. The molecule has 72 valence electrons. The largest absolute Gasteiger partial charge is 0.393 e. The predicted molar refractivity (Wildman–Crippen MR) is 51.4 cm³/mol. The average Bonchev–Trinajstić information content (AvgIpc) is 2.13. The normalized spacial score (nSPS) is 12.9. The van der Waals surface area contributed by atoms with E-state index in [1.54, 1.807) is 12.1 Å². The van der Waals surface area contributed by atoms with Crippen LogP contribution < -0.4 is 0 Å². The van der Waals surface area contributed by atoms with Crippen molar-refractivity contribution in [1.29, 1.82) is 0 Å². The van der Waals surface area contributed by atoms with Crippen LogP contribution in [0.15, 0.2) is 18.2 Å². The van der Waals surface area contributed by atoms with Gasteiger partial charge in [0.15, 0.2) is 0 Å². The van der Waals surface area contributed by atoms with Gasteiger partial charge in [0.1, 0.15) is 5.82 Å². The number of hydrogen-bond donors (Lipinski definition) is 1. The molecule has 0 aliphatic carbocycles. The first-order valence-electron chi connectivity index (χ1n) is 4.26. The summed E-state index contributed by atoms with van der Waals surface area (Å²) in [5.41, 5.74) is 0.663. The predicted octanol–water partition coefficient (Wildman–Crippen LogP) is 2.79. The van der Waals surface area contributed by atoms with Crippen molar-refractivity contribution in [3.05, 3.63) is 34.6 Å². The highest BCUT2D eigenvalue weighted by atomic mass is 35.5. The summed E-state index contributed by atoms with van der Waals surface area (Å²) in [4.78, 5) is 0. The van der Waals surface area contributed by atoms with Crippen molar-refractivity contribution >= 4 is 11.6 Å². The Labute approximate surface area is 82.2 Å². The van der Waals surface area contributed by atoms with Crippen LogP contribution in [0.5, 0.6) is 0 Å². The van der Waals surface area contributed by atoms with Crippen LogP contribution in [-0.2, 0) is 6.42 Å². The number of rotatable bonds is 3. The third kappa shape index (κ3) is 2.68. The molecule has 1 nitrogen and oxygen atoms in total. The molecule has 0 heterocycles. The minimum Gasteiger partial charge on any atom is -0.393 e. The molecule has 3 heteroatoms. The molecule has 0 saturated carbocycles. The molecule has 1 unspecified atom stereocenters. The highest BCUT2D eigenvalue weighted by Gasteiger charge is 2.09. The van der Waals surface area contributed by atoms with Crippen LogP contribution in [0.2, 0.25) is 5.02 Å². The summed E-state index contributed by atoms with van der Waals surface area (Å²) in [6.45, 7) is 1.87. The topological polar surface area (TPSA) is 20.2 Å². The molecule has 0 amide bonds. The number of halogens is 2. The third-order valence-electron chi connectivity index (χ3n) is 1.96. The zero-order valence-electron chi connectivity index (χ0n) is 7.43. The van der Waals surface area contributed by atoms with Gasteiger partial charge in [0.25, 0.3) is 0 Å². The molecule has 13 heavy (non-hydrogen) atoms. The molecule has 1 aromatic carbocycles. The highest BCUT2D eigenvalue weighted by Crippen LogP contribution is 2.21. The van der Waals surface area contributed by atoms with Gasteiger partial charge in [-0.15, -0.1) is 0 Å². The van der Waals surface area contributed by atoms with Gasteiger partial charge in [0, 0.05) is 0 Å². The molecule has 0 bridgehead atoms. The Balaban J connectivity index is 2.83. The molecule has 0 radical (unpaired) electrons. The van der Waals surface area contributed by atoms with E-state index in [-0.39, 0.29) is 5.02 Å². The van der Waals surface area contributed by atoms with E-state index >= 15 is 0 Å². The van der Waals surface area contributed by atoms with Crippen molar-refractivity contribution in [2.24, 2.45) is 0 Å². The maximum atomic E-state index is 12.9. The van der Waals surface area contributed by atoms with Crippen LogP contribution in [0.25, 0.3) is 0 Å². The van der Waals surface area contributed by atoms with Gasteiger partial charge in [-0.25, -0.2) is 4.39 Å². The van der Waals surface area contributed by atoms with Crippen LogP contribution in [0.4, 0.5) is 4.39 Å². The van der Waals surface area contributed by atoms with Crippen molar-refractivity contribution in [2.45, 2.75) is 25.9 Å². The molecule has 1 atom stereocenters. The van der Waals surface area contributed by atoms with E-state index in [0.29, 0.717) is 18.4 Å². The van der Waals surface area contributed by atoms with E-state index in [2.05, 4.69) is 0 Å². The van der Waals surface area contributed by atoms with E-state index < -0.39 is 11.9 Å². The number of aliphatic hydroxyl groups excluding tert-OH is 1. The monoisotopic (exact) mass is 202 g/mol. The first-order valence-corrected chi connectivity index (χ1v) is 4.64. The minimum atomic E-state index is -0.445. The summed E-state index contributed by atoms with van der Waals surface area (Å²) < 4.78 is 12.9. The molecule has 1 N–H and O–H groups in total. The summed E-state index contributed by atoms with van der Waals surface area (Å²) in [5.74, 6) is -0.428. The lowest BCUT2D eigenvalue weighted by Gasteiger charge is -2.09. The second kappa shape index (κ2) is 4.58. The van der Waals surface area contributed by atoms with Crippen LogP contribution >= 0.6 is 11.6 Å². The molecular formula is C10H12ClFO. The fraction of sp³-hybridized carbons (Fsp3) is 0.400. The highest BCUT2D eigenvalue weighted by molar-refractivity contribution is 6.31. The summed E-state index contributed by atoms with van der Waals surface area (Å²) in [7, 11) is 0. The first-order chi connectivity index (χ1) is 6.15. The standard InChI is InChI=1S/C10H12ClFO/c1-2-8(13)6-7-4-3-5-9(12)10(7)11/h3-5,8,13H,2,6H2,1H3. The van der Waals surface area contributed by atoms with Gasteiger partial charge >= 0.3 is 0 Å². The third-order valence-corrected chi connectivity index (χ3v) is 2.38. The Morgan fingerprint density at radius 2 is 2.23 bits per heavy atom. The second-order valence-electron chi connectivity index (χ2n) is 2.98. The first kappa shape index (κ1) is 10.5. The second-order valence-corrected chi connectivity index (χ2v) is 3.36. The van der Waals surface area contributed by atoms with Crippen molar-refractivity contribution in [3.8, 4) is 0 Å². The maximum absolute atomic E-state index is 12.9. The van der Waals surface area contributed by atoms with Gasteiger partial charge in [-0.2, -0.15) is 0 Å². The molecular weight excluding hydrogens is 191 g/mol. The fourth-order valence-electron chi connectivity index (χ4n) is 1.10. The SMILES string of the molecule is CCC(O)Cc1cccc(F)c1Cl. The Hall–Kier alpha value is -0.600. The van der Waals surface area contributed by atoms with Crippen LogP contribution in [-0.4, -0.2) is 11.2 Å². The summed E-state index contributed by atoms with van der Waals surface area (Å²) >= 11 is 5.71. The van der Waals surface area contributed by atoms with Gasteiger partial charge in [-0.05, 0) is 24.5 Å². The summed E-state index contributed by atoms with van der Waals surface area (Å²) in [6, 6.07) is 4.63. The quantitative estimate of drug-likeness (QED) is 0.799. The van der Waals surface area contributed by atoms with Crippen molar-refractivity contribution < 1.29 is 9.50 Å². The fourth-order valence-corrected chi connectivity index (χ4v) is 1.31. The van der Waals surface area contributed by atoms with Crippen molar-refractivity contribution in [3.63, 3.8) is 0 Å². The lowest BCUT2D eigenvalue weighted by atomic mass is 10.1. The molecule has 1 aromatic rings. The van der Waals surface area contributed by atoms with Gasteiger partial charge in [-0.3, -0.25) is 0 Å². The number of hydrogen-bond acceptors (Lipinski definition) is 1. The molecule has 1 rings (SSSR count). The van der Waals surface area contributed by atoms with Crippen LogP contribution in [0.1, 0.15) is 18.9 Å². The number of benzene rings is 1. The minimum absolute atomic E-state index is 0.120. The van der Waals surface area contributed by atoms with Crippen LogP contribution in [0.3, 0.4) is 0 Å². The number of aliphatic hydroxyl groups is 1. The molecule has 0 saturated heterocycles. The molecule has 0 aliphatic rings. The molecule has 0 aliphatic heterocycles. The molecule has 0 aromatic heterocycles.